The first-order valence-corrected chi connectivity index (χ1v) is 4.99. The van der Waals surface area contributed by atoms with E-state index in [9.17, 15) is 0 Å². The molecule has 0 saturated carbocycles. The Morgan fingerprint density at radius 1 is 1.43 bits per heavy atom. The normalized spacial score (nSPS) is 9.50. The fourth-order valence-corrected chi connectivity index (χ4v) is 1.52. The SMILES string of the molecule is CCc1cccc(C)c1NCCC#N. The monoisotopic (exact) mass is 188 g/mol. The van der Waals surface area contributed by atoms with E-state index >= 15 is 0 Å². The lowest BCUT2D eigenvalue weighted by molar-refractivity contribution is 1.05. The Morgan fingerprint density at radius 3 is 2.86 bits per heavy atom. The molecule has 0 atom stereocenters. The maximum atomic E-state index is 8.45. The molecule has 1 N–H and O–H groups in total. The molecule has 14 heavy (non-hydrogen) atoms. The van der Waals surface area contributed by atoms with Crippen molar-refractivity contribution in [3.8, 4) is 6.07 Å². The molecule has 1 rings (SSSR count). The molecule has 0 aliphatic heterocycles. The Labute approximate surface area is 85.6 Å². The topological polar surface area (TPSA) is 35.8 Å². The van der Waals surface area contributed by atoms with Gasteiger partial charge in [0.1, 0.15) is 0 Å². The van der Waals surface area contributed by atoms with Crippen LogP contribution in [0.2, 0.25) is 0 Å². The zero-order valence-electron chi connectivity index (χ0n) is 8.80. The van der Waals surface area contributed by atoms with Crippen LogP contribution in [0.4, 0.5) is 5.69 Å². The van der Waals surface area contributed by atoms with E-state index in [2.05, 4.69) is 43.4 Å². The van der Waals surface area contributed by atoms with Gasteiger partial charge in [0, 0.05) is 12.2 Å². The Morgan fingerprint density at radius 2 is 2.21 bits per heavy atom. The number of para-hydroxylation sites is 1. The van der Waals surface area contributed by atoms with Crippen molar-refractivity contribution in [1.29, 1.82) is 5.26 Å². The molecule has 74 valence electrons. The van der Waals surface area contributed by atoms with Crippen LogP contribution in [0.25, 0.3) is 0 Å². The van der Waals surface area contributed by atoms with E-state index in [-0.39, 0.29) is 0 Å². The molecular formula is C12H16N2. The van der Waals surface area contributed by atoms with E-state index in [1.807, 2.05) is 0 Å². The fourth-order valence-electron chi connectivity index (χ4n) is 1.52. The van der Waals surface area contributed by atoms with Crippen molar-refractivity contribution in [3.05, 3.63) is 29.3 Å². The van der Waals surface area contributed by atoms with Crippen LogP contribution in [0.3, 0.4) is 0 Å². The summed E-state index contributed by atoms with van der Waals surface area (Å²) in [5.41, 5.74) is 3.77. The van der Waals surface area contributed by atoms with Crippen molar-refractivity contribution in [1.82, 2.24) is 0 Å². The predicted octanol–water partition coefficient (Wildman–Crippen LogP) is 2.88. The maximum Gasteiger partial charge on any atom is 0.0640 e. The third kappa shape index (κ3) is 2.50. The molecule has 0 heterocycles. The number of hydrogen-bond donors (Lipinski definition) is 1. The van der Waals surface area contributed by atoms with Gasteiger partial charge in [0.05, 0.1) is 12.5 Å². The largest absolute Gasteiger partial charge is 0.384 e. The molecule has 2 nitrogen and oxygen atoms in total. The number of anilines is 1. The third-order valence-corrected chi connectivity index (χ3v) is 2.28. The van der Waals surface area contributed by atoms with Crippen LogP contribution >= 0.6 is 0 Å². The highest BCUT2D eigenvalue weighted by Crippen LogP contribution is 2.20. The summed E-state index contributed by atoms with van der Waals surface area (Å²) in [5, 5.41) is 11.8. The molecule has 1 aromatic carbocycles. The molecule has 0 spiro atoms. The van der Waals surface area contributed by atoms with Gasteiger partial charge in [-0.2, -0.15) is 5.26 Å². The van der Waals surface area contributed by atoms with Crippen LogP contribution in [0.1, 0.15) is 24.5 Å². The summed E-state index contributed by atoms with van der Waals surface area (Å²) in [6.45, 7) is 4.96. The molecule has 0 aliphatic rings. The van der Waals surface area contributed by atoms with Crippen molar-refractivity contribution < 1.29 is 0 Å². The second-order valence-corrected chi connectivity index (χ2v) is 3.30. The molecule has 0 unspecified atom stereocenters. The third-order valence-electron chi connectivity index (χ3n) is 2.28. The van der Waals surface area contributed by atoms with Gasteiger partial charge >= 0.3 is 0 Å². The molecule has 0 fully saturated rings. The van der Waals surface area contributed by atoms with Gasteiger partial charge in [-0.3, -0.25) is 0 Å². The van der Waals surface area contributed by atoms with Gasteiger partial charge in [-0.1, -0.05) is 25.1 Å². The van der Waals surface area contributed by atoms with Gasteiger partial charge < -0.3 is 5.32 Å². The molecule has 0 aliphatic carbocycles. The van der Waals surface area contributed by atoms with Crippen molar-refractivity contribution in [2.45, 2.75) is 26.7 Å². The Bertz CT molecular complexity index is 337. The van der Waals surface area contributed by atoms with Gasteiger partial charge in [0.25, 0.3) is 0 Å². The minimum absolute atomic E-state index is 0.553. The lowest BCUT2D eigenvalue weighted by Crippen LogP contribution is -2.04. The quantitative estimate of drug-likeness (QED) is 0.737. The molecule has 0 bridgehead atoms. The second kappa shape index (κ2) is 5.29. The highest BCUT2D eigenvalue weighted by Gasteiger charge is 2.02. The lowest BCUT2D eigenvalue weighted by atomic mass is 10.1. The summed E-state index contributed by atoms with van der Waals surface area (Å²) >= 11 is 0. The minimum Gasteiger partial charge on any atom is -0.384 e. The predicted molar refractivity (Wildman–Crippen MR) is 59.3 cm³/mol. The Hall–Kier alpha value is -1.49. The molecule has 0 radical (unpaired) electrons. The van der Waals surface area contributed by atoms with Crippen molar-refractivity contribution >= 4 is 5.69 Å². The highest BCUT2D eigenvalue weighted by molar-refractivity contribution is 5.57. The van der Waals surface area contributed by atoms with E-state index in [4.69, 9.17) is 5.26 Å². The Balaban J connectivity index is 2.78. The number of hydrogen-bond acceptors (Lipinski definition) is 2. The minimum atomic E-state index is 0.553. The summed E-state index contributed by atoms with van der Waals surface area (Å²) in [5.74, 6) is 0. The standard InChI is InChI=1S/C12H16N2/c1-3-11-7-4-6-10(2)12(11)14-9-5-8-13/h4,6-7,14H,3,5,9H2,1-2H3. The van der Waals surface area contributed by atoms with Gasteiger partial charge in [0.15, 0.2) is 0 Å². The fraction of sp³-hybridized carbons (Fsp3) is 0.417. The van der Waals surface area contributed by atoms with Gasteiger partial charge in [-0.25, -0.2) is 0 Å². The van der Waals surface area contributed by atoms with Gasteiger partial charge in [0.2, 0.25) is 0 Å². The van der Waals surface area contributed by atoms with Gasteiger partial charge in [-0.05, 0) is 24.5 Å². The number of benzene rings is 1. The number of rotatable bonds is 4. The average Bonchev–Trinajstić information content (AvgIpc) is 2.20. The second-order valence-electron chi connectivity index (χ2n) is 3.30. The van der Waals surface area contributed by atoms with Crippen LogP contribution < -0.4 is 5.32 Å². The van der Waals surface area contributed by atoms with E-state index in [0.29, 0.717) is 6.42 Å². The van der Waals surface area contributed by atoms with Crippen LogP contribution in [-0.2, 0) is 6.42 Å². The number of nitrogens with one attached hydrogen (secondary N) is 1. The molecule has 0 aromatic heterocycles. The zero-order chi connectivity index (χ0) is 10.4. The van der Waals surface area contributed by atoms with Crippen LogP contribution in [0.15, 0.2) is 18.2 Å². The number of aryl methyl sites for hydroxylation is 2. The van der Waals surface area contributed by atoms with Crippen molar-refractivity contribution in [2.24, 2.45) is 0 Å². The smallest absolute Gasteiger partial charge is 0.0640 e. The molecule has 1 aromatic rings. The van der Waals surface area contributed by atoms with E-state index < -0.39 is 0 Å². The lowest BCUT2D eigenvalue weighted by Gasteiger charge is -2.12. The van der Waals surface area contributed by atoms with Crippen molar-refractivity contribution in [2.75, 3.05) is 11.9 Å². The summed E-state index contributed by atoms with van der Waals surface area (Å²) < 4.78 is 0. The maximum absolute atomic E-state index is 8.45. The Kier molecular flexibility index (Phi) is 4.00. The molecular weight excluding hydrogens is 172 g/mol. The highest BCUT2D eigenvalue weighted by atomic mass is 14.9. The average molecular weight is 188 g/mol. The number of nitriles is 1. The first-order valence-electron chi connectivity index (χ1n) is 4.99. The summed E-state index contributed by atoms with van der Waals surface area (Å²) in [6, 6.07) is 8.42. The molecule has 0 amide bonds. The van der Waals surface area contributed by atoms with Crippen LogP contribution in [0, 0.1) is 18.3 Å². The van der Waals surface area contributed by atoms with E-state index in [0.717, 1.165) is 13.0 Å². The first kappa shape index (κ1) is 10.6. The van der Waals surface area contributed by atoms with Gasteiger partial charge in [-0.15, -0.1) is 0 Å². The first-order chi connectivity index (χ1) is 6.79. The summed E-state index contributed by atoms with van der Waals surface area (Å²) in [7, 11) is 0. The van der Waals surface area contributed by atoms with Crippen LogP contribution in [-0.4, -0.2) is 6.54 Å². The molecule has 0 saturated heterocycles. The summed E-state index contributed by atoms with van der Waals surface area (Å²) in [4.78, 5) is 0. The number of nitrogens with zero attached hydrogens (tertiary/aromatic N) is 1. The summed E-state index contributed by atoms with van der Waals surface area (Å²) in [6.07, 6.45) is 1.58. The molecule has 2 heteroatoms. The van der Waals surface area contributed by atoms with Crippen LogP contribution in [0.5, 0.6) is 0 Å². The van der Waals surface area contributed by atoms with E-state index in [1.54, 1.807) is 0 Å². The zero-order valence-corrected chi connectivity index (χ0v) is 8.80. The van der Waals surface area contributed by atoms with E-state index in [1.165, 1.54) is 16.8 Å². The van der Waals surface area contributed by atoms with Crippen molar-refractivity contribution in [3.63, 3.8) is 0 Å².